The van der Waals surface area contributed by atoms with Crippen LogP contribution in [0.1, 0.15) is 31.0 Å². The Morgan fingerprint density at radius 2 is 1.80 bits per heavy atom. The fourth-order valence-electron chi connectivity index (χ4n) is 4.51. The highest BCUT2D eigenvalue weighted by molar-refractivity contribution is 5.80. The van der Waals surface area contributed by atoms with E-state index in [1.54, 1.807) is 5.57 Å². The number of hydrogen-bond acceptors (Lipinski definition) is 1. The number of para-hydroxylation sites is 2. The number of pyridine rings is 1. The summed E-state index contributed by atoms with van der Waals surface area (Å²) < 4.78 is 2.33. The number of anilines is 1. The number of aromatic nitrogens is 1. The van der Waals surface area contributed by atoms with Gasteiger partial charge in [0.15, 0.2) is 0 Å². The van der Waals surface area contributed by atoms with Crippen molar-refractivity contribution in [3.63, 3.8) is 0 Å². The molecule has 1 atom stereocenters. The molecule has 124 valence electrons. The molecule has 2 aliphatic rings. The van der Waals surface area contributed by atoms with Crippen molar-refractivity contribution in [2.75, 3.05) is 5.32 Å². The largest absolute Gasteiger partial charge is 0.375 e. The summed E-state index contributed by atoms with van der Waals surface area (Å²) in [6.45, 7) is 2.29. The number of rotatable bonds is 1. The summed E-state index contributed by atoms with van der Waals surface area (Å²) in [6, 6.07) is 21.9. The molecule has 2 aromatic carbocycles. The third-order valence-corrected chi connectivity index (χ3v) is 6.06. The minimum Gasteiger partial charge on any atom is -0.375 e. The molecule has 25 heavy (non-hydrogen) atoms. The van der Waals surface area contributed by atoms with Gasteiger partial charge in [-0.15, -0.1) is 0 Å². The van der Waals surface area contributed by atoms with Gasteiger partial charge in [-0.3, -0.25) is 0 Å². The van der Waals surface area contributed by atoms with Gasteiger partial charge in [-0.2, -0.15) is 4.57 Å². The second-order valence-corrected chi connectivity index (χ2v) is 7.48. The van der Waals surface area contributed by atoms with Gasteiger partial charge in [-0.1, -0.05) is 30.3 Å². The maximum absolute atomic E-state index is 3.84. The lowest BCUT2D eigenvalue weighted by Gasteiger charge is -2.27. The third-order valence-electron chi connectivity index (χ3n) is 6.06. The smallest absolute Gasteiger partial charge is 0.212 e. The summed E-state index contributed by atoms with van der Waals surface area (Å²) >= 11 is 0. The highest BCUT2D eigenvalue weighted by atomic mass is 15.1. The molecule has 0 amide bonds. The Morgan fingerprint density at radius 3 is 2.72 bits per heavy atom. The first-order valence-electron chi connectivity index (χ1n) is 9.12. The Labute approximate surface area is 148 Å². The van der Waals surface area contributed by atoms with Crippen LogP contribution in [-0.4, -0.2) is 5.54 Å². The summed E-state index contributed by atoms with van der Waals surface area (Å²) in [5, 5.41) is 5.13. The first-order chi connectivity index (χ1) is 12.2. The predicted molar refractivity (Wildman–Crippen MR) is 103 cm³/mol. The maximum Gasteiger partial charge on any atom is 0.212 e. The summed E-state index contributed by atoms with van der Waals surface area (Å²) in [5.74, 6) is 0. The van der Waals surface area contributed by atoms with Gasteiger partial charge in [-0.05, 0) is 55.5 Å². The van der Waals surface area contributed by atoms with Crippen molar-refractivity contribution in [3.05, 3.63) is 77.5 Å². The minimum atomic E-state index is 0.192. The summed E-state index contributed by atoms with van der Waals surface area (Å²) in [5.41, 5.74) is 8.58. The Bertz CT molecular complexity index is 1030. The normalized spacial score (nSPS) is 23.3. The second kappa shape index (κ2) is 5.19. The first-order valence-corrected chi connectivity index (χ1v) is 9.12. The molecule has 1 spiro atoms. The molecule has 2 heterocycles. The number of aryl methyl sites for hydroxylation is 2. The molecule has 0 radical (unpaired) electrons. The fraction of sp³-hybridized carbons (Fsp3) is 0.261. The highest BCUT2D eigenvalue weighted by Crippen LogP contribution is 2.54. The van der Waals surface area contributed by atoms with Crippen LogP contribution in [0.15, 0.2) is 66.2 Å². The first kappa shape index (κ1) is 14.7. The predicted octanol–water partition coefficient (Wildman–Crippen LogP) is 4.64. The van der Waals surface area contributed by atoms with Crippen molar-refractivity contribution in [2.45, 2.75) is 31.7 Å². The molecular formula is C23H23N2+. The SMILES string of the molecule is CC(=C1CC12CCc1ccccc1N2)c1ccc2ccccc2[n+]1C. The van der Waals surface area contributed by atoms with Crippen LogP contribution >= 0.6 is 0 Å². The number of fused-ring (bicyclic) bond motifs is 2. The van der Waals surface area contributed by atoms with Crippen LogP contribution < -0.4 is 9.88 Å². The lowest BCUT2D eigenvalue weighted by atomic mass is 9.95. The minimum absolute atomic E-state index is 0.192. The molecule has 2 nitrogen and oxygen atoms in total. The number of allylic oxidation sites excluding steroid dienone is 1. The second-order valence-electron chi connectivity index (χ2n) is 7.48. The monoisotopic (exact) mass is 327 g/mol. The summed E-state index contributed by atoms with van der Waals surface area (Å²) in [7, 11) is 2.18. The Balaban J connectivity index is 1.56. The number of benzene rings is 2. The topological polar surface area (TPSA) is 15.9 Å². The van der Waals surface area contributed by atoms with Crippen molar-refractivity contribution >= 4 is 22.2 Å². The van der Waals surface area contributed by atoms with Gasteiger partial charge >= 0.3 is 0 Å². The number of nitrogens with one attached hydrogen (secondary N) is 1. The zero-order chi connectivity index (χ0) is 17.0. The van der Waals surface area contributed by atoms with Crippen molar-refractivity contribution in [1.82, 2.24) is 0 Å². The molecule has 3 aromatic rings. The zero-order valence-corrected chi connectivity index (χ0v) is 14.8. The maximum atomic E-state index is 3.84. The third kappa shape index (κ3) is 2.21. The van der Waals surface area contributed by atoms with Gasteiger partial charge in [0.2, 0.25) is 11.2 Å². The van der Waals surface area contributed by atoms with Gasteiger partial charge in [0.25, 0.3) is 0 Å². The molecule has 1 aromatic heterocycles. The van der Waals surface area contributed by atoms with Gasteiger partial charge in [-0.25, -0.2) is 0 Å². The van der Waals surface area contributed by atoms with E-state index in [-0.39, 0.29) is 5.54 Å². The van der Waals surface area contributed by atoms with E-state index in [4.69, 9.17) is 0 Å². The van der Waals surface area contributed by atoms with E-state index in [9.17, 15) is 0 Å². The standard InChI is InChI=1S/C23H23N2/c1-16(21-12-11-18-8-4-6-10-22(18)25(21)2)19-15-23(19)14-13-17-7-3-5-9-20(17)24-23/h3-12,24H,13-15H2,1-2H3/q+1. The van der Waals surface area contributed by atoms with Crippen LogP contribution in [0.5, 0.6) is 0 Å². The van der Waals surface area contributed by atoms with E-state index in [0.717, 1.165) is 0 Å². The summed E-state index contributed by atoms with van der Waals surface area (Å²) in [6.07, 6.45) is 3.54. The molecule has 1 fully saturated rings. The molecular weight excluding hydrogens is 304 g/mol. The molecule has 2 heteroatoms. The van der Waals surface area contributed by atoms with E-state index in [1.165, 1.54) is 52.7 Å². The van der Waals surface area contributed by atoms with Crippen LogP contribution in [0.2, 0.25) is 0 Å². The Kier molecular flexibility index (Phi) is 3.05. The Morgan fingerprint density at radius 1 is 1.00 bits per heavy atom. The molecule has 0 bridgehead atoms. The molecule has 1 N–H and O–H groups in total. The van der Waals surface area contributed by atoms with Crippen molar-refractivity contribution in [3.8, 4) is 0 Å². The van der Waals surface area contributed by atoms with Gasteiger partial charge in [0, 0.05) is 28.8 Å². The average Bonchev–Trinajstić information content (AvgIpc) is 3.34. The molecule has 0 saturated heterocycles. The van der Waals surface area contributed by atoms with Crippen LogP contribution in [0.4, 0.5) is 5.69 Å². The zero-order valence-electron chi connectivity index (χ0n) is 14.8. The van der Waals surface area contributed by atoms with Gasteiger partial charge < -0.3 is 5.32 Å². The Hall–Kier alpha value is -2.61. The van der Waals surface area contributed by atoms with E-state index in [1.807, 2.05) is 0 Å². The molecule has 5 rings (SSSR count). The number of nitrogens with zero attached hydrogens (tertiary/aromatic N) is 1. The van der Waals surface area contributed by atoms with E-state index in [2.05, 4.69) is 84.5 Å². The van der Waals surface area contributed by atoms with E-state index >= 15 is 0 Å². The average molecular weight is 327 g/mol. The quantitative estimate of drug-likeness (QED) is 0.644. The molecule has 1 aliphatic heterocycles. The van der Waals surface area contributed by atoms with Gasteiger partial charge in [0.05, 0.1) is 5.54 Å². The number of hydrogen-bond donors (Lipinski definition) is 1. The fourth-order valence-corrected chi connectivity index (χ4v) is 4.51. The lowest BCUT2D eigenvalue weighted by Crippen LogP contribution is -2.34. The highest BCUT2D eigenvalue weighted by Gasteiger charge is 2.52. The molecule has 1 aliphatic carbocycles. The van der Waals surface area contributed by atoms with Crippen LogP contribution in [0.3, 0.4) is 0 Å². The van der Waals surface area contributed by atoms with Crippen molar-refractivity contribution in [1.29, 1.82) is 0 Å². The van der Waals surface area contributed by atoms with Crippen LogP contribution in [0, 0.1) is 0 Å². The van der Waals surface area contributed by atoms with Crippen LogP contribution in [-0.2, 0) is 13.5 Å². The lowest BCUT2D eigenvalue weighted by molar-refractivity contribution is -0.647. The molecule has 1 unspecified atom stereocenters. The van der Waals surface area contributed by atoms with E-state index < -0.39 is 0 Å². The van der Waals surface area contributed by atoms with Crippen molar-refractivity contribution < 1.29 is 4.57 Å². The summed E-state index contributed by atoms with van der Waals surface area (Å²) in [4.78, 5) is 0. The molecule has 1 saturated carbocycles. The van der Waals surface area contributed by atoms with Crippen molar-refractivity contribution in [2.24, 2.45) is 7.05 Å². The van der Waals surface area contributed by atoms with Crippen LogP contribution in [0.25, 0.3) is 16.5 Å². The van der Waals surface area contributed by atoms with E-state index in [0.29, 0.717) is 0 Å². The van der Waals surface area contributed by atoms with Gasteiger partial charge in [0.1, 0.15) is 7.05 Å².